The van der Waals surface area contributed by atoms with Gasteiger partial charge in [-0.25, -0.2) is 0 Å². The number of hydrogen-bond acceptors (Lipinski definition) is 2. The van der Waals surface area contributed by atoms with Crippen LogP contribution in [-0.4, -0.2) is 34.6 Å². The van der Waals surface area contributed by atoms with Crippen molar-refractivity contribution >= 4 is 5.97 Å². The molecule has 0 atom stereocenters. The Morgan fingerprint density at radius 1 is 1.42 bits per heavy atom. The average Bonchev–Trinajstić information content (AvgIpc) is 2.60. The fourth-order valence-electron chi connectivity index (χ4n) is 1.79. The Morgan fingerprint density at radius 3 is 2.25 bits per heavy atom. The van der Waals surface area contributed by atoms with Gasteiger partial charge >= 0.3 is 5.97 Å². The summed E-state index contributed by atoms with van der Waals surface area (Å²) in [5.74, 6) is -0.710. The van der Waals surface area contributed by atoms with E-state index >= 15 is 0 Å². The molecule has 3 nitrogen and oxygen atoms in total. The summed E-state index contributed by atoms with van der Waals surface area (Å²) in [4.78, 5) is 12.9. The van der Waals surface area contributed by atoms with Crippen molar-refractivity contribution in [2.45, 2.75) is 32.2 Å². The van der Waals surface area contributed by atoms with Crippen LogP contribution in [0.5, 0.6) is 0 Å². The molecule has 2 fully saturated rings. The Hall–Kier alpha value is -0.570. The summed E-state index contributed by atoms with van der Waals surface area (Å²) in [7, 11) is 0. The first-order valence-electron chi connectivity index (χ1n) is 4.45. The second kappa shape index (κ2) is 2.02. The molecule has 1 saturated heterocycles. The zero-order valence-electron chi connectivity index (χ0n) is 7.63. The van der Waals surface area contributed by atoms with Gasteiger partial charge in [0.05, 0.1) is 0 Å². The normalized spacial score (nSPS) is 26.8. The highest BCUT2D eigenvalue weighted by Gasteiger charge is 2.56. The van der Waals surface area contributed by atoms with Crippen LogP contribution >= 0.6 is 0 Å². The first kappa shape index (κ1) is 8.05. The zero-order chi connectivity index (χ0) is 8.98. The SMILES string of the molecule is CC(C)(C(=O)O)N1CC2(CC2)C1. The van der Waals surface area contributed by atoms with Gasteiger partial charge in [-0.15, -0.1) is 0 Å². The fourth-order valence-corrected chi connectivity index (χ4v) is 1.79. The maximum Gasteiger partial charge on any atom is 0.323 e. The second-order valence-corrected chi connectivity index (χ2v) is 4.72. The van der Waals surface area contributed by atoms with E-state index < -0.39 is 11.5 Å². The number of likely N-dealkylation sites (tertiary alicyclic amines) is 1. The number of hydrogen-bond donors (Lipinski definition) is 1. The van der Waals surface area contributed by atoms with Crippen LogP contribution in [0.4, 0.5) is 0 Å². The molecule has 0 aromatic rings. The van der Waals surface area contributed by atoms with Crippen molar-refractivity contribution in [2.75, 3.05) is 13.1 Å². The molecule has 0 aromatic carbocycles. The summed E-state index contributed by atoms with van der Waals surface area (Å²) >= 11 is 0. The lowest BCUT2D eigenvalue weighted by molar-refractivity contribution is -0.155. The maximum atomic E-state index is 10.8. The third-order valence-corrected chi connectivity index (χ3v) is 3.32. The molecule has 0 amide bonds. The third kappa shape index (κ3) is 0.959. The van der Waals surface area contributed by atoms with Crippen LogP contribution in [0.15, 0.2) is 0 Å². The maximum absolute atomic E-state index is 10.8. The number of nitrogens with zero attached hydrogens (tertiary/aromatic N) is 1. The van der Waals surface area contributed by atoms with Gasteiger partial charge in [0.1, 0.15) is 5.54 Å². The molecule has 0 radical (unpaired) electrons. The van der Waals surface area contributed by atoms with Crippen molar-refractivity contribution in [3.05, 3.63) is 0 Å². The van der Waals surface area contributed by atoms with Gasteiger partial charge in [0.25, 0.3) is 0 Å². The number of aliphatic carboxylic acids is 1. The smallest absolute Gasteiger partial charge is 0.323 e. The minimum absolute atomic E-state index is 0.548. The Labute approximate surface area is 72.4 Å². The van der Waals surface area contributed by atoms with Crippen molar-refractivity contribution in [3.63, 3.8) is 0 Å². The summed E-state index contributed by atoms with van der Waals surface area (Å²) in [5, 5.41) is 8.93. The van der Waals surface area contributed by atoms with Crippen LogP contribution in [0.3, 0.4) is 0 Å². The quantitative estimate of drug-likeness (QED) is 0.669. The van der Waals surface area contributed by atoms with E-state index in [-0.39, 0.29) is 0 Å². The third-order valence-electron chi connectivity index (χ3n) is 3.32. The minimum Gasteiger partial charge on any atom is -0.480 e. The van der Waals surface area contributed by atoms with Crippen LogP contribution < -0.4 is 0 Å². The molecule has 1 saturated carbocycles. The monoisotopic (exact) mass is 169 g/mol. The zero-order valence-corrected chi connectivity index (χ0v) is 7.63. The van der Waals surface area contributed by atoms with Crippen molar-refractivity contribution < 1.29 is 9.90 Å². The van der Waals surface area contributed by atoms with E-state index in [0.717, 1.165) is 13.1 Å². The molecule has 1 aliphatic carbocycles. The van der Waals surface area contributed by atoms with E-state index in [0.29, 0.717) is 5.41 Å². The number of rotatable bonds is 2. The lowest BCUT2D eigenvalue weighted by Crippen LogP contribution is -2.61. The fraction of sp³-hybridized carbons (Fsp3) is 0.889. The van der Waals surface area contributed by atoms with Gasteiger partial charge in [-0.05, 0) is 32.1 Å². The van der Waals surface area contributed by atoms with E-state index in [2.05, 4.69) is 4.90 Å². The van der Waals surface area contributed by atoms with E-state index in [1.165, 1.54) is 12.8 Å². The van der Waals surface area contributed by atoms with Gasteiger partial charge < -0.3 is 5.11 Å². The van der Waals surface area contributed by atoms with Crippen molar-refractivity contribution in [2.24, 2.45) is 5.41 Å². The lowest BCUT2D eigenvalue weighted by Gasteiger charge is -2.47. The molecule has 1 spiro atoms. The predicted octanol–water partition coefficient (Wildman–Crippen LogP) is 0.945. The largest absolute Gasteiger partial charge is 0.480 e. The second-order valence-electron chi connectivity index (χ2n) is 4.72. The van der Waals surface area contributed by atoms with Gasteiger partial charge in [-0.3, -0.25) is 9.69 Å². The summed E-state index contributed by atoms with van der Waals surface area (Å²) < 4.78 is 0. The molecule has 12 heavy (non-hydrogen) atoms. The minimum atomic E-state index is -0.710. The molecule has 2 aliphatic rings. The topological polar surface area (TPSA) is 40.5 Å². The molecular formula is C9H15NO2. The molecular weight excluding hydrogens is 154 g/mol. The first-order valence-corrected chi connectivity index (χ1v) is 4.45. The molecule has 0 aromatic heterocycles. The van der Waals surface area contributed by atoms with Crippen LogP contribution in [0, 0.1) is 5.41 Å². The van der Waals surface area contributed by atoms with Crippen molar-refractivity contribution in [1.82, 2.24) is 4.90 Å². The Kier molecular flexibility index (Phi) is 1.35. The molecule has 0 unspecified atom stereocenters. The van der Waals surface area contributed by atoms with Crippen LogP contribution in [0.2, 0.25) is 0 Å². The van der Waals surface area contributed by atoms with Crippen LogP contribution in [0.1, 0.15) is 26.7 Å². The van der Waals surface area contributed by atoms with E-state index in [9.17, 15) is 4.79 Å². The number of carboxylic acids is 1. The molecule has 1 N–H and O–H groups in total. The molecule has 0 bridgehead atoms. The summed E-state index contributed by atoms with van der Waals surface area (Å²) in [5.41, 5.74) is -0.111. The van der Waals surface area contributed by atoms with Gasteiger partial charge in [0.15, 0.2) is 0 Å². The van der Waals surface area contributed by atoms with E-state index in [1.807, 2.05) is 0 Å². The van der Waals surface area contributed by atoms with Crippen molar-refractivity contribution in [3.8, 4) is 0 Å². The molecule has 1 aliphatic heterocycles. The highest BCUT2D eigenvalue weighted by Crippen LogP contribution is 2.54. The highest BCUT2D eigenvalue weighted by atomic mass is 16.4. The summed E-state index contributed by atoms with van der Waals surface area (Å²) in [6.45, 7) is 5.55. The van der Waals surface area contributed by atoms with Gasteiger partial charge in [0, 0.05) is 13.1 Å². The standard InChI is InChI=1S/C9H15NO2/c1-8(2,7(11)12)10-5-9(6-10)3-4-9/h3-6H2,1-2H3,(H,11,12). The number of carbonyl (C=O) groups is 1. The Bertz CT molecular complexity index is 223. The Morgan fingerprint density at radius 2 is 1.92 bits per heavy atom. The Balaban J connectivity index is 1.97. The van der Waals surface area contributed by atoms with Crippen molar-refractivity contribution in [1.29, 1.82) is 0 Å². The molecule has 2 rings (SSSR count). The predicted molar refractivity (Wildman–Crippen MR) is 45.0 cm³/mol. The van der Waals surface area contributed by atoms with Crippen LogP contribution in [0.25, 0.3) is 0 Å². The summed E-state index contributed by atoms with van der Waals surface area (Å²) in [6, 6.07) is 0. The van der Waals surface area contributed by atoms with E-state index in [4.69, 9.17) is 5.11 Å². The molecule has 68 valence electrons. The van der Waals surface area contributed by atoms with Crippen LogP contribution in [-0.2, 0) is 4.79 Å². The van der Waals surface area contributed by atoms with Gasteiger partial charge in [0.2, 0.25) is 0 Å². The molecule has 3 heteroatoms. The van der Waals surface area contributed by atoms with E-state index in [1.54, 1.807) is 13.8 Å². The number of carboxylic acid groups (broad SMARTS) is 1. The van der Waals surface area contributed by atoms with Gasteiger partial charge in [-0.1, -0.05) is 0 Å². The average molecular weight is 169 g/mol. The molecule has 1 heterocycles. The highest BCUT2D eigenvalue weighted by molar-refractivity contribution is 5.77. The first-order chi connectivity index (χ1) is 5.46. The lowest BCUT2D eigenvalue weighted by atomic mass is 9.89. The summed E-state index contributed by atoms with van der Waals surface area (Å²) in [6.07, 6.45) is 2.61. The van der Waals surface area contributed by atoms with Gasteiger partial charge in [-0.2, -0.15) is 0 Å².